The highest BCUT2D eigenvalue weighted by Crippen LogP contribution is 2.38. The van der Waals surface area contributed by atoms with Gasteiger partial charge in [0.2, 0.25) is 0 Å². The summed E-state index contributed by atoms with van der Waals surface area (Å²) in [5, 5.41) is 12.1. The summed E-state index contributed by atoms with van der Waals surface area (Å²) in [6.07, 6.45) is 0. The van der Waals surface area contributed by atoms with Gasteiger partial charge in [-0.1, -0.05) is 72.8 Å². The lowest BCUT2D eigenvalue weighted by Crippen LogP contribution is -2.12. The van der Waals surface area contributed by atoms with Crippen molar-refractivity contribution in [1.29, 1.82) is 0 Å². The standard InChI is InChI=1S/C25H20N4OS2/c26-32(30)20-13-11-17(12-14-20)15-27-24-22-21(18-7-3-1-4-8-18)16-31-25(22)29-23(28-24)19-9-5-2-6-10-19/h1-14,16H,15,26H2,(H,27,28,29). The van der Waals surface area contributed by atoms with Crippen LogP contribution in [0.1, 0.15) is 5.56 Å². The molecule has 3 N–H and O–H groups in total. The van der Waals surface area contributed by atoms with E-state index in [0.29, 0.717) is 17.3 Å². The van der Waals surface area contributed by atoms with Gasteiger partial charge < -0.3 is 9.87 Å². The van der Waals surface area contributed by atoms with Crippen LogP contribution in [0.25, 0.3) is 32.7 Å². The minimum atomic E-state index is -1.48. The third-order valence-electron chi connectivity index (χ3n) is 5.17. The van der Waals surface area contributed by atoms with Gasteiger partial charge in [0, 0.05) is 23.1 Å². The van der Waals surface area contributed by atoms with Gasteiger partial charge in [-0.25, -0.2) is 9.97 Å². The first kappa shape index (κ1) is 20.7. The first-order chi connectivity index (χ1) is 15.7. The van der Waals surface area contributed by atoms with Gasteiger partial charge in [0.1, 0.15) is 10.6 Å². The molecule has 0 saturated heterocycles. The van der Waals surface area contributed by atoms with Gasteiger partial charge in [0.25, 0.3) is 0 Å². The van der Waals surface area contributed by atoms with E-state index in [0.717, 1.165) is 38.3 Å². The molecule has 0 radical (unpaired) electrons. The van der Waals surface area contributed by atoms with Gasteiger partial charge in [-0.05, 0) is 23.3 Å². The monoisotopic (exact) mass is 456 g/mol. The molecule has 7 heteroatoms. The summed E-state index contributed by atoms with van der Waals surface area (Å²) >= 11 is 0.141. The molecule has 0 spiro atoms. The summed E-state index contributed by atoms with van der Waals surface area (Å²) in [6, 6.07) is 27.7. The largest absolute Gasteiger partial charge is 0.593 e. The molecule has 2 heterocycles. The highest BCUT2D eigenvalue weighted by Gasteiger charge is 2.16. The maximum Gasteiger partial charge on any atom is 0.173 e. The Bertz CT molecular complexity index is 1340. The Hall–Kier alpha value is -3.23. The van der Waals surface area contributed by atoms with Gasteiger partial charge in [0.15, 0.2) is 10.7 Å². The molecule has 0 aliphatic rings. The summed E-state index contributed by atoms with van der Waals surface area (Å²) < 4.78 is 11.5. The number of thiophene rings is 1. The number of fused-ring (bicyclic) bond motifs is 1. The van der Waals surface area contributed by atoms with E-state index in [1.54, 1.807) is 23.5 Å². The fourth-order valence-electron chi connectivity index (χ4n) is 3.54. The van der Waals surface area contributed by atoms with Crippen molar-refractivity contribution in [1.82, 2.24) is 9.97 Å². The summed E-state index contributed by atoms with van der Waals surface area (Å²) in [7, 11) is 0. The number of hydrogen-bond acceptors (Lipinski definition) is 6. The Kier molecular flexibility index (Phi) is 5.87. The number of nitrogens with one attached hydrogen (secondary N) is 1. The van der Waals surface area contributed by atoms with Crippen LogP contribution < -0.4 is 10.5 Å². The molecule has 2 aromatic heterocycles. The third-order valence-corrected chi connectivity index (χ3v) is 6.77. The molecule has 0 aliphatic heterocycles. The van der Waals surface area contributed by atoms with Gasteiger partial charge >= 0.3 is 0 Å². The van der Waals surface area contributed by atoms with E-state index in [-0.39, 0.29) is 0 Å². The fourth-order valence-corrected chi connectivity index (χ4v) is 4.89. The van der Waals surface area contributed by atoms with E-state index in [9.17, 15) is 4.55 Å². The van der Waals surface area contributed by atoms with Crippen molar-refractivity contribution in [2.24, 2.45) is 5.14 Å². The summed E-state index contributed by atoms with van der Waals surface area (Å²) in [5.74, 6) is 1.48. The van der Waals surface area contributed by atoms with Crippen LogP contribution in [0.3, 0.4) is 0 Å². The molecule has 0 fully saturated rings. The normalized spacial score (nSPS) is 12.1. The van der Waals surface area contributed by atoms with Crippen LogP contribution in [0, 0.1) is 0 Å². The number of nitrogens with two attached hydrogens (primary N) is 1. The van der Waals surface area contributed by atoms with Crippen LogP contribution in [0.2, 0.25) is 0 Å². The SMILES string of the molecule is N[S+]([O-])c1ccc(CNc2nc(-c3ccccc3)nc3scc(-c4ccccc4)c23)cc1. The van der Waals surface area contributed by atoms with E-state index < -0.39 is 11.4 Å². The van der Waals surface area contributed by atoms with E-state index in [2.05, 4.69) is 22.8 Å². The second kappa shape index (κ2) is 9.10. The Morgan fingerprint density at radius 3 is 2.16 bits per heavy atom. The van der Waals surface area contributed by atoms with Crippen LogP contribution in [0.4, 0.5) is 5.82 Å². The average Bonchev–Trinajstić information content (AvgIpc) is 3.28. The fraction of sp³-hybridized carbons (Fsp3) is 0.0400. The van der Waals surface area contributed by atoms with Crippen molar-refractivity contribution in [2.45, 2.75) is 11.4 Å². The van der Waals surface area contributed by atoms with Crippen LogP contribution >= 0.6 is 11.3 Å². The second-order valence-corrected chi connectivity index (χ2v) is 9.18. The maximum absolute atomic E-state index is 11.5. The molecule has 0 saturated carbocycles. The van der Waals surface area contributed by atoms with Crippen molar-refractivity contribution in [3.05, 3.63) is 95.9 Å². The molecular formula is C25H20N4OS2. The van der Waals surface area contributed by atoms with Crippen molar-refractivity contribution in [2.75, 3.05) is 5.32 Å². The highest BCUT2D eigenvalue weighted by molar-refractivity contribution is 7.89. The molecule has 3 aromatic carbocycles. The Morgan fingerprint density at radius 1 is 0.844 bits per heavy atom. The molecule has 5 nitrogen and oxygen atoms in total. The number of hydrogen-bond donors (Lipinski definition) is 2. The molecule has 158 valence electrons. The van der Waals surface area contributed by atoms with E-state index >= 15 is 0 Å². The number of aromatic nitrogens is 2. The molecule has 0 amide bonds. The summed E-state index contributed by atoms with van der Waals surface area (Å²) in [6.45, 7) is 0.571. The Morgan fingerprint density at radius 2 is 1.50 bits per heavy atom. The van der Waals surface area contributed by atoms with Crippen LogP contribution in [0.5, 0.6) is 0 Å². The Labute approximate surface area is 193 Å². The number of nitrogens with zero attached hydrogens (tertiary/aromatic N) is 2. The molecule has 32 heavy (non-hydrogen) atoms. The molecule has 0 aliphatic carbocycles. The van der Waals surface area contributed by atoms with Crippen LogP contribution in [0.15, 0.2) is 95.2 Å². The van der Waals surface area contributed by atoms with Gasteiger partial charge in [-0.2, -0.15) is 0 Å². The topological polar surface area (TPSA) is 86.9 Å². The molecule has 1 unspecified atom stereocenters. The predicted octanol–water partition coefficient (Wildman–Crippen LogP) is 5.62. The zero-order chi connectivity index (χ0) is 21.9. The predicted molar refractivity (Wildman–Crippen MR) is 133 cm³/mol. The van der Waals surface area contributed by atoms with Crippen molar-refractivity contribution in [3.8, 4) is 22.5 Å². The van der Waals surface area contributed by atoms with Gasteiger partial charge in [-0.3, -0.25) is 0 Å². The minimum absolute atomic E-state index is 0.571. The van der Waals surface area contributed by atoms with Crippen molar-refractivity contribution < 1.29 is 4.55 Å². The molecular weight excluding hydrogens is 436 g/mol. The first-order valence-electron chi connectivity index (χ1n) is 10.1. The second-order valence-electron chi connectivity index (χ2n) is 7.25. The van der Waals surface area contributed by atoms with Crippen LogP contribution in [-0.4, -0.2) is 14.5 Å². The number of anilines is 1. The Balaban J connectivity index is 1.57. The first-order valence-corrected chi connectivity index (χ1v) is 12.2. The minimum Gasteiger partial charge on any atom is -0.593 e. The van der Waals surface area contributed by atoms with E-state index in [1.807, 2.05) is 60.7 Å². The van der Waals surface area contributed by atoms with Crippen molar-refractivity contribution >= 4 is 38.7 Å². The molecule has 5 aromatic rings. The quantitative estimate of drug-likeness (QED) is 0.324. The maximum atomic E-state index is 11.5. The van der Waals surface area contributed by atoms with Crippen LogP contribution in [-0.2, 0) is 17.9 Å². The number of rotatable bonds is 6. The van der Waals surface area contributed by atoms with E-state index in [1.165, 1.54) is 0 Å². The summed E-state index contributed by atoms with van der Waals surface area (Å²) in [5.41, 5.74) is 4.26. The van der Waals surface area contributed by atoms with Gasteiger partial charge in [-0.15, -0.1) is 16.5 Å². The smallest absolute Gasteiger partial charge is 0.173 e. The average molecular weight is 457 g/mol. The molecule has 0 bridgehead atoms. The van der Waals surface area contributed by atoms with Gasteiger partial charge in [0.05, 0.1) is 16.7 Å². The summed E-state index contributed by atoms with van der Waals surface area (Å²) in [4.78, 5) is 11.3. The highest BCUT2D eigenvalue weighted by atomic mass is 32.2. The lowest BCUT2D eigenvalue weighted by atomic mass is 10.1. The zero-order valence-electron chi connectivity index (χ0n) is 17.1. The zero-order valence-corrected chi connectivity index (χ0v) is 18.7. The van der Waals surface area contributed by atoms with E-state index in [4.69, 9.17) is 15.1 Å². The van der Waals surface area contributed by atoms with Crippen molar-refractivity contribution in [3.63, 3.8) is 0 Å². The number of benzene rings is 3. The molecule has 5 rings (SSSR count). The third kappa shape index (κ3) is 4.24. The molecule has 1 atom stereocenters. The lowest BCUT2D eigenvalue weighted by Gasteiger charge is -2.11. The lowest BCUT2D eigenvalue weighted by molar-refractivity contribution is 0.596.